The van der Waals surface area contributed by atoms with Gasteiger partial charge in [-0.2, -0.15) is 0 Å². The van der Waals surface area contributed by atoms with E-state index in [0.717, 1.165) is 17.8 Å². The largest absolute Gasteiger partial charge is 0.100 e. The van der Waals surface area contributed by atoms with Crippen molar-refractivity contribution in [3.05, 3.63) is 36.5 Å². The fourth-order valence-corrected chi connectivity index (χ4v) is 2.14. The fourth-order valence-electron chi connectivity index (χ4n) is 2.14. The zero-order valence-corrected chi connectivity index (χ0v) is 6.96. The molecule has 2 aliphatic carbocycles. The van der Waals surface area contributed by atoms with E-state index in [1.807, 2.05) is 0 Å². The molecule has 0 N–H and O–H groups in total. The molecule has 0 saturated heterocycles. The van der Waals surface area contributed by atoms with Gasteiger partial charge in [-0.15, -0.1) is 6.58 Å². The summed E-state index contributed by atoms with van der Waals surface area (Å²) in [4.78, 5) is 0. The van der Waals surface area contributed by atoms with Gasteiger partial charge in [0.1, 0.15) is 0 Å². The quantitative estimate of drug-likeness (QED) is 0.525. The Morgan fingerprint density at radius 2 is 1.64 bits per heavy atom. The second kappa shape index (κ2) is 2.37. The monoisotopic (exact) mass is 146 g/mol. The Morgan fingerprint density at radius 1 is 1.18 bits per heavy atom. The smallest absolute Gasteiger partial charge is 0.00131 e. The molecule has 0 radical (unpaired) electrons. The number of fused-ring (bicyclic) bond motifs is 2. The van der Waals surface area contributed by atoms with Gasteiger partial charge >= 0.3 is 0 Å². The summed E-state index contributed by atoms with van der Waals surface area (Å²) in [7, 11) is 0. The minimum absolute atomic E-state index is 0.719. The Labute approximate surface area is 68.3 Å². The Hall–Kier alpha value is -0.780. The molecule has 0 spiro atoms. The average molecular weight is 146 g/mol. The van der Waals surface area contributed by atoms with Crippen LogP contribution < -0.4 is 0 Å². The van der Waals surface area contributed by atoms with Crippen LogP contribution in [0, 0.1) is 17.8 Å². The maximum Gasteiger partial charge on any atom is -0.00131 e. The molecule has 0 aromatic heterocycles. The number of allylic oxidation sites excluding steroid dienone is 5. The summed E-state index contributed by atoms with van der Waals surface area (Å²) in [5.74, 6) is 2.25. The Bertz CT molecular complexity index is 202. The second-order valence-corrected chi connectivity index (χ2v) is 3.75. The molecular formula is C11H14. The first-order valence-corrected chi connectivity index (χ1v) is 4.28. The van der Waals surface area contributed by atoms with Gasteiger partial charge in [0.2, 0.25) is 0 Å². The molecule has 0 fully saturated rings. The molecule has 0 nitrogen and oxygen atoms in total. The molecule has 0 amide bonds. The Kier molecular flexibility index (Phi) is 1.49. The van der Waals surface area contributed by atoms with E-state index in [9.17, 15) is 0 Å². The van der Waals surface area contributed by atoms with Crippen LogP contribution in [-0.4, -0.2) is 0 Å². The third-order valence-electron chi connectivity index (χ3n) is 2.68. The third kappa shape index (κ3) is 1.07. The highest BCUT2D eigenvalue weighted by molar-refractivity contribution is 5.26. The minimum Gasteiger partial charge on any atom is -0.100 e. The van der Waals surface area contributed by atoms with E-state index in [4.69, 9.17) is 0 Å². The van der Waals surface area contributed by atoms with Crippen molar-refractivity contribution < 1.29 is 0 Å². The highest BCUT2D eigenvalue weighted by Crippen LogP contribution is 2.41. The number of hydrogen-bond donors (Lipinski definition) is 0. The van der Waals surface area contributed by atoms with Crippen molar-refractivity contribution in [2.75, 3.05) is 0 Å². The maximum absolute atomic E-state index is 3.96. The lowest BCUT2D eigenvalue weighted by Gasteiger charge is -2.15. The topological polar surface area (TPSA) is 0 Å². The van der Waals surface area contributed by atoms with Crippen LogP contribution in [0.2, 0.25) is 0 Å². The van der Waals surface area contributed by atoms with Crippen LogP contribution in [-0.2, 0) is 0 Å². The number of hydrogen-bond acceptors (Lipinski definition) is 0. The molecule has 0 saturated carbocycles. The SMILES string of the molecule is C=C(C)CC1C2C=CC1C=C2. The molecular weight excluding hydrogens is 132 g/mol. The Balaban J connectivity index is 2.05. The summed E-state index contributed by atoms with van der Waals surface area (Å²) in [5, 5.41) is 0. The van der Waals surface area contributed by atoms with Crippen LogP contribution in [0.1, 0.15) is 13.3 Å². The summed E-state index contributed by atoms with van der Waals surface area (Å²) >= 11 is 0. The summed E-state index contributed by atoms with van der Waals surface area (Å²) in [5.41, 5.74) is 1.32. The van der Waals surface area contributed by atoms with E-state index in [0.29, 0.717) is 0 Å². The molecule has 0 aliphatic heterocycles. The van der Waals surface area contributed by atoms with Gasteiger partial charge in [0.15, 0.2) is 0 Å². The third-order valence-corrected chi connectivity index (χ3v) is 2.68. The summed E-state index contributed by atoms with van der Waals surface area (Å²) < 4.78 is 0. The maximum atomic E-state index is 3.96. The molecule has 11 heavy (non-hydrogen) atoms. The summed E-state index contributed by atoms with van der Waals surface area (Å²) in [6.07, 6.45) is 10.5. The average Bonchev–Trinajstić information content (AvgIpc) is 2.48. The molecule has 0 atom stereocenters. The van der Waals surface area contributed by atoms with Crippen LogP contribution in [0.15, 0.2) is 36.5 Å². The molecule has 0 aromatic carbocycles. The number of rotatable bonds is 2. The fraction of sp³-hybridized carbons (Fsp3) is 0.455. The second-order valence-electron chi connectivity index (χ2n) is 3.75. The molecule has 0 heterocycles. The lowest BCUT2D eigenvalue weighted by atomic mass is 9.89. The first-order valence-electron chi connectivity index (χ1n) is 4.28. The van der Waals surface area contributed by atoms with Gasteiger partial charge < -0.3 is 0 Å². The molecule has 2 bridgehead atoms. The molecule has 2 rings (SSSR count). The lowest BCUT2D eigenvalue weighted by molar-refractivity contribution is 0.449. The van der Waals surface area contributed by atoms with Crippen molar-refractivity contribution in [3.63, 3.8) is 0 Å². The van der Waals surface area contributed by atoms with Crippen LogP contribution >= 0.6 is 0 Å². The van der Waals surface area contributed by atoms with E-state index in [1.54, 1.807) is 0 Å². The van der Waals surface area contributed by atoms with E-state index < -0.39 is 0 Å². The standard InChI is InChI=1S/C11H14/c1-8(2)7-11-9-3-4-10(11)6-5-9/h3-6,9-11H,1,7H2,2H3. The Morgan fingerprint density at radius 3 is 2.00 bits per heavy atom. The first kappa shape index (κ1) is 6.90. The molecule has 2 aliphatic rings. The molecule has 0 aromatic rings. The van der Waals surface area contributed by atoms with Gasteiger partial charge in [-0.1, -0.05) is 29.9 Å². The normalized spacial score (nSPS) is 38.5. The van der Waals surface area contributed by atoms with Crippen molar-refractivity contribution in [1.82, 2.24) is 0 Å². The highest BCUT2D eigenvalue weighted by Gasteiger charge is 2.32. The van der Waals surface area contributed by atoms with Gasteiger partial charge in [0, 0.05) is 0 Å². The predicted octanol–water partition coefficient (Wildman–Crippen LogP) is 2.94. The van der Waals surface area contributed by atoms with Crippen molar-refractivity contribution in [1.29, 1.82) is 0 Å². The van der Waals surface area contributed by atoms with Crippen LogP contribution in [0.4, 0.5) is 0 Å². The zero-order chi connectivity index (χ0) is 7.84. The van der Waals surface area contributed by atoms with Crippen molar-refractivity contribution in [2.45, 2.75) is 13.3 Å². The van der Waals surface area contributed by atoms with Gasteiger partial charge in [-0.3, -0.25) is 0 Å². The zero-order valence-electron chi connectivity index (χ0n) is 6.96. The van der Waals surface area contributed by atoms with Crippen molar-refractivity contribution >= 4 is 0 Å². The van der Waals surface area contributed by atoms with Crippen LogP contribution in [0.3, 0.4) is 0 Å². The van der Waals surface area contributed by atoms with Crippen LogP contribution in [0.5, 0.6) is 0 Å². The van der Waals surface area contributed by atoms with Gasteiger partial charge in [0.05, 0.1) is 0 Å². The lowest BCUT2D eigenvalue weighted by Crippen LogP contribution is -2.07. The first-order chi connectivity index (χ1) is 5.27. The van der Waals surface area contributed by atoms with E-state index >= 15 is 0 Å². The van der Waals surface area contributed by atoms with Gasteiger partial charge in [0.25, 0.3) is 0 Å². The van der Waals surface area contributed by atoms with E-state index in [-0.39, 0.29) is 0 Å². The van der Waals surface area contributed by atoms with Crippen LogP contribution in [0.25, 0.3) is 0 Å². The molecule has 0 heteroatoms. The van der Waals surface area contributed by atoms with Crippen molar-refractivity contribution in [2.24, 2.45) is 17.8 Å². The molecule has 0 unspecified atom stereocenters. The molecule has 58 valence electrons. The van der Waals surface area contributed by atoms with Gasteiger partial charge in [-0.25, -0.2) is 0 Å². The van der Waals surface area contributed by atoms with Gasteiger partial charge in [-0.05, 0) is 31.1 Å². The minimum atomic E-state index is 0.719. The summed E-state index contributed by atoms with van der Waals surface area (Å²) in [6, 6.07) is 0. The highest BCUT2D eigenvalue weighted by atomic mass is 14.4. The summed E-state index contributed by atoms with van der Waals surface area (Å²) in [6.45, 7) is 6.08. The predicted molar refractivity (Wildman–Crippen MR) is 48.2 cm³/mol. The van der Waals surface area contributed by atoms with Crippen molar-refractivity contribution in [3.8, 4) is 0 Å². The van der Waals surface area contributed by atoms with E-state index in [2.05, 4.69) is 37.8 Å². The van der Waals surface area contributed by atoms with E-state index in [1.165, 1.54) is 12.0 Å².